The quantitative estimate of drug-likeness (QED) is 0.621. The lowest BCUT2D eigenvalue weighted by Crippen LogP contribution is -2.12. The number of nitrogens with one attached hydrogen (secondary N) is 1. The largest absolute Gasteiger partial charge is 0.495 e. The van der Waals surface area contributed by atoms with E-state index in [2.05, 4.69) is 5.32 Å². The van der Waals surface area contributed by atoms with Crippen molar-refractivity contribution >= 4 is 40.5 Å². The second-order valence-corrected chi connectivity index (χ2v) is 6.04. The number of ether oxygens (including phenoxy) is 1. The van der Waals surface area contributed by atoms with Crippen molar-refractivity contribution in [3.8, 4) is 17.1 Å². The molecule has 5 nitrogen and oxygen atoms in total. The Morgan fingerprint density at radius 3 is 2.60 bits per heavy atom. The number of furan rings is 1. The molecule has 0 fully saturated rings. The van der Waals surface area contributed by atoms with Gasteiger partial charge in [-0.15, -0.1) is 0 Å². The molecule has 0 aliphatic carbocycles. The number of benzene rings is 2. The van der Waals surface area contributed by atoms with Gasteiger partial charge in [0.05, 0.1) is 23.5 Å². The summed E-state index contributed by atoms with van der Waals surface area (Å²) in [7, 11) is 1.54. The van der Waals surface area contributed by atoms with Crippen LogP contribution in [0.15, 0.2) is 52.9 Å². The molecule has 0 aliphatic rings. The molecule has 25 heavy (non-hydrogen) atoms. The van der Waals surface area contributed by atoms with Gasteiger partial charge in [-0.25, -0.2) is 0 Å². The third kappa shape index (κ3) is 3.73. The summed E-state index contributed by atoms with van der Waals surface area (Å²) in [5.41, 5.74) is 7.39. The zero-order valence-electron chi connectivity index (χ0n) is 13.2. The van der Waals surface area contributed by atoms with Crippen LogP contribution < -0.4 is 15.8 Å². The molecule has 7 heteroatoms. The second-order valence-electron chi connectivity index (χ2n) is 5.20. The van der Waals surface area contributed by atoms with Crippen molar-refractivity contribution in [3.05, 3.63) is 64.3 Å². The number of carbonyl (C=O) groups excluding carboxylic acids is 1. The fourth-order valence-corrected chi connectivity index (χ4v) is 2.70. The Morgan fingerprint density at radius 1 is 1.12 bits per heavy atom. The molecule has 0 bridgehead atoms. The molecule has 0 atom stereocenters. The van der Waals surface area contributed by atoms with Crippen LogP contribution in [-0.4, -0.2) is 13.0 Å². The molecule has 0 saturated heterocycles. The maximum absolute atomic E-state index is 12.3. The number of halogens is 2. The number of amides is 1. The molecule has 1 aromatic heterocycles. The first-order chi connectivity index (χ1) is 12.0. The van der Waals surface area contributed by atoms with Gasteiger partial charge >= 0.3 is 0 Å². The minimum Gasteiger partial charge on any atom is -0.495 e. The van der Waals surface area contributed by atoms with Crippen molar-refractivity contribution in [3.63, 3.8) is 0 Å². The van der Waals surface area contributed by atoms with Crippen LogP contribution in [0.2, 0.25) is 10.0 Å². The number of hydrogen-bond acceptors (Lipinski definition) is 4. The van der Waals surface area contributed by atoms with Gasteiger partial charge in [-0.1, -0.05) is 23.2 Å². The van der Waals surface area contributed by atoms with Crippen LogP contribution in [-0.2, 0) is 0 Å². The van der Waals surface area contributed by atoms with Gasteiger partial charge in [0.25, 0.3) is 5.91 Å². The van der Waals surface area contributed by atoms with Gasteiger partial charge in [0.15, 0.2) is 5.76 Å². The van der Waals surface area contributed by atoms with E-state index in [1.54, 1.807) is 55.6 Å². The fourth-order valence-electron chi connectivity index (χ4n) is 2.27. The van der Waals surface area contributed by atoms with Gasteiger partial charge < -0.3 is 20.2 Å². The summed E-state index contributed by atoms with van der Waals surface area (Å²) in [5, 5.41) is 3.63. The minimum absolute atomic E-state index is 0.149. The highest BCUT2D eigenvalue weighted by atomic mass is 35.5. The fraction of sp³-hybridized carbons (Fsp3) is 0.0556. The van der Waals surface area contributed by atoms with E-state index in [-0.39, 0.29) is 5.76 Å². The normalized spacial score (nSPS) is 10.5. The third-order valence-corrected chi connectivity index (χ3v) is 4.06. The van der Waals surface area contributed by atoms with Crippen LogP contribution in [0.5, 0.6) is 5.75 Å². The van der Waals surface area contributed by atoms with E-state index in [0.717, 1.165) is 5.56 Å². The van der Waals surface area contributed by atoms with Crippen LogP contribution in [0.4, 0.5) is 11.4 Å². The summed E-state index contributed by atoms with van der Waals surface area (Å²) in [6, 6.07) is 13.3. The standard InChI is InChI=1S/C18H14Cl2N2O3/c1-24-16-5-2-10(8-12(16)20)15-6-7-17(25-15)18(23)22-14-4-3-11(19)9-13(14)21/h2-9H,21H2,1H3,(H,22,23). The molecule has 0 radical (unpaired) electrons. The minimum atomic E-state index is -0.417. The van der Waals surface area contributed by atoms with E-state index in [0.29, 0.717) is 32.9 Å². The SMILES string of the molecule is COc1ccc(-c2ccc(C(=O)Nc3ccc(Cl)cc3N)o2)cc1Cl. The highest BCUT2D eigenvalue weighted by molar-refractivity contribution is 6.32. The molecule has 0 saturated carbocycles. The van der Waals surface area contributed by atoms with Crippen LogP contribution in [0.1, 0.15) is 10.6 Å². The second kappa shape index (κ2) is 7.09. The third-order valence-electron chi connectivity index (χ3n) is 3.53. The first-order valence-corrected chi connectivity index (χ1v) is 8.03. The Kier molecular flexibility index (Phi) is 4.88. The zero-order chi connectivity index (χ0) is 18.0. The monoisotopic (exact) mass is 376 g/mol. The van der Waals surface area contributed by atoms with Crippen LogP contribution in [0.3, 0.4) is 0 Å². The molecule has 0 unspecified atom stereocenters. The Morgan fingerprint density at radius 2 is 1.92 bits per heavy atom. The topological polar surface area (TPSA) is 77.5 Å². The van der Waals surface area contributed by atoms with E-state index in [1.165, 1.54) is 0 Å². The number of hydrogen-bond donors (Lipinski definition) is 2. The summed E-state index contributed by atoms with van der Waals surface area (Å²) >= 11 is 12.0. The predicted molar refractivity (Wildman–Crippen MR) is 99.5 cm³/mol. The summed E-state index contributed by atoms with van der Waals surface area (Å²) < 4.78 is 10.7. The van der Waals surface area contributed by atoms with E-state index in [9.17, 15) is 4.79 Å². The van der Waals surface area contributed by atoms with E-state index >= 15 is 0 Å². The molecule has 3 N–H and O–H groups in total. The highest BCUT2D eigenvalue weighted by Crippen LogP contribution is 2.31. The first kappa shape index (κ1) is 17.2. The summed E-state index contributed by atoms with van der Waals surface area (Å²) in [4.78, 5) is 12.3. The lowest BCUT2D eigenvalue weighted by atomic mass is 10.2. The average Bonchev–Trinajstić information content (AvgIpc) is 3.07. The highest BCUT2D eigenvalue weighted by Gasteiger charge is 2.14. The van der Waals surface area contributed by atoms with Crippen LogP contribution >= 0.6 is 23.2 Å². The lowest BCUT2D eigenvalue weighted by Gasteiger charge is -2.07. The Hall–Kier alpha value is -2.63. The zero-order valence-corrected chi connectivity index (χ0v) is 14.7. The molecule has 0 aliphatic heterocycles. The number of rotatable bonds is 4. The van der Waals surface area contributed by atoms with Crippen molar-refractivity contribution in [2.45, 2.75) is 0 Å². The van der Waals surface area contributed by atoms with Crippen molar-refractivity contribution in [1.29, 1.82) is 0 Å². The molecule has 128 valence electrons. The van der Waals surface area contributed by atoms with Crippen molar-refractivity contribution in [2.75, 3.05) is 18.2 Å². The number of methoxy groups -OCH3 is 1. The summed E-state index contributed by atoms with van der Waals surface area (Å²) in [6.45, 7) is 0. The van der Waals surface area contributed by atoms with E-state index in [4.69, 9.17) is 38.1 Å². The van der Waals surface area contributed by atoms with Gasteiger partial charge in [-0.05, 0) is 48.5 Å². The lowest BCUT2D eigenvalue weighted by molar-refractivity contribution is 0.0997. The first-order valence-electron chi connectivity index (χ1n) is 7.28. The maximum atomic E-state index is 12.3. The number of nitrogens with two attached hydrogens (primary N) is 1. The number of carbonyl (C=O) groups is 1. The predicted octanol–water partition coefficient (Wildman–Crippen LogP) is 5.10. The van der Waals surface area contributed by atoms with Gasteiger partial charge in [-0.3, -0.25) is 4.79 Å². The van der Waals surface area contributed by atoms with Crippen molar-refractivity contribution in [1.82, 2.24) is 0 Å². The molecule has 1 heterocycles. The molecule has 1 amide bonds. The van der Waals surface area contributed by atoms with Crippen LogP contribution in [0, 0.1) is 0 Å². The summed E-state index contributed by atoms with van der Waals surface area (Å²) in [6.07, 6.45) is 0. The van der Waals surface area contributed by atoms with Gasteiger partial charge in [0.1, 0.15) is 11.5 Å². The average molecular weight is 377 g/mol. The number of anilines is 2. The van der Waals surface area contributed by atoms with Gasteiger partial charge in [0.2, 0.25) is 0 Å². The van der Waals surface area contributed by atoms with Crippen molar-refractivity contribution in [2.24, 2.45) is 0 Å². The molecule has 3 aromatic rings. The van der Waals surface area contributed by atoms with Gasteiger partial charge in [0, 0.05) is 10.6 Å². The van der Waals surface area contributed by atoms with Gasteiger partial charge in [-0.2, -0.15) is 0 Å². The Labute approximate surface area is 154 Å². The van der Waals surface area contributed by atoms with E-state index < -0.39 is 5.91 Å². The van der Waals surface area contributed by atoms with Crippen molar-refractivity contribution < 1.29 is 13.9 Å². The molecule has 0 spiro atoms. The Bertz CT molecular complexity index is 938. The maximum Gasteiger partial charge on any atom is 0.291 e. The smallest absolute Gasteiger partial charge is 0.291 e. The molecular formula is C18H14Cl2N2O3. The molecular weight excluding hydrogens is 363 g/mol. The van der Waals surface area contributed by atoms with E-state index in [1.807, 2.05) is 0 Å². The molecule has 2 aromatic carbocycles. The van der Waals surface area contributed by atoms with Crippen LogP contribution in [0.25, 0.3) is 11.3 Å². The molecule has 3 rings (SSSR count). The summed E-state index contributed by atoms with van der Waals surface area (Å²) in [5.74, 6) is 0.808. The Balaban J connectivity index is 1.81. The number of nitrogen functional groups attached to an aromatic ring is 1.